The van der Waals surface area contributed by atoms with Crippen molar-refractivity contribution in [1.82, 2.24) is 4.90 Å². The summed E-state index contributed by atoms with van der Waals surface area (Å²) in [6.45, 7) is 1.87. The molecule has 9 heteroatoms. The Morgan fingerprint density at radius 3 is 2.82 bits per heavy atom. The molecule has 2 aromatic rings. The minimum Gasteiger partial charge on any atom is -0.463 e. The van der Waals surface area contributed by atoms with E-state index in [1.165, 1.54) is 22.7 Å². The second-order valence-corrected chi connectivity index (χ2v) is 6.67. The Kier molecular flexibility index (Phi) is 6.15. The van der Waals surface area contributed by atoms with Crippen molar-refractivity contribution in [1.29, 1.82) is 0 Å². The number of hydrogen-bond acceptors (Lipinski definition) is 8. The van der Waals surface area contributed by atoms with Gasteiger partial charge in [-0.05, 0) is 19.1 Å². The smallest absolute Gasteiger partial charge is 0.374 e. The number of benzene rings is 1. The minimum atomic E-state index is -0.807. The molecule has 1 aliphatic heterocycles. The lowest BCUT2D eigenvalue weighted by molar-refractivity contribution is -0.137. The van der Waals surface area contributed by atoms with Gasteiger partial charge in [0.15, 0.2) is 5.43 Å². The molecule has 1 amide bonds. The second-order valence-electron chi connectivity index (χ2n) is 5.68. The molecule has 0 N–H and O–H groups in total. The molecule has 0 aliphatic carbocycles. The van der Waals surface area contributed by atoms with Crippen LogP contribution in [-0.2, 0) is 19.1 Å². The van der Waals surface area contributed by atoms with Crippen LogP contribution in [0.2, 0.25) is 0 Å². The maximum absolute atomic E-state index is 12.2. The summed E-state index contributed by atoms with van der Waals surface area (Å²) in [5, 5.41) is 0.809. The van der Waals surface area contributed by atoms with Crippen molar-refractivity contribution in [2.24, 2.45) is 0 Å². The highest BCUT2D eigenvalue weighted by atomic mass is 32.2. The molecule has 146 valence electrons. The molecule has 1 aliphatic rings. The summed E-state index contributed by atoms with van der Waals surface area (Å²) in [5.74, 6) is -1.57. The lowest BCUT2D eigenvalue weighted by Gasteiger charge is -2.16. The Bertz CT molecular complexity index is 1010. The van der Waals surface area contributed by atoms with Crippen molar-refractivity contribution in [3.8, 4) is 0 Å². The van der Waals surface area contributed by atoms with Crippen molar-refractivity contribution < 1.29 is 28.3 Å². The van der Waals surface area contributed by atoms with Gasteiger partial charge in [0.1, 0.15) is 12.2 Å². The van der Waals surface area contributed by atoms with Gasteiger partial charge in [-0.1, -0.05) is 23.9 Å². The number of rotatable bonds is 6. The highest BCUT2D eigenvalue weighted by Gasteiger charge is 2.27. The molecule has 0 saturated carbocycles. The zero-order valence-electron chi connectivity index (χ0n) is 15.0. The Balaban J connectivity index is 1.64. The van der Waals surface area contributed by atoms with E-state index >= 15 is 0 Å². The van der Waals surface area contributed by atoms with Gasteiger partial charge in [-0.2, -0.15) is 0 Å². The molecule has 1 aromatic carbocycles. The lowest BCUT2D eigenvalue weighted by atomic mass is 10.2. The van der Waals surface area contributed by atoms with E-state index in [1.54, 1.807) is 31.2 Å². The van der Waals surface area contributed by atoms with E-state index in [1.807, 2.05) is 0 Å². The predicted molar refractivity (Wildman–Crippen MR) is 102 cm³/mol. The van der Waals surface area contributed by atoms with Crippen LogP contribution in [0.1, 0.15) is 17.5 Å². The largest absolute Gasteiger partial charge is 0.463 e. The highest BCUT2D eigenvalue weighted by molar-refractivity contribution is 8.04. The van der Waals surface area contributed by atoms with E-state index in [-0.39, 0.29) is 48.2 Å². The van der Waals surface area contributed by atoms with E-state index < -0.39 is 11.9 Å². The summed E-state index contributed by atoms with van der Waals surface area (Å²) < 4.78 is 15.4. The van der Waals surface area contributed by atoms with Crippen molar-refractivity contribution in [3.05, 3.63) is 57.4 Å². The number of esters is 2. The first-order chi connectivity index (χ1) is 13.5. The zero-order chi connectivity index (χ0) is 20.1. The summed E-state index contributed by atoms with van der Waals surface area (Å²) in [5.41, 5.74) is -0.0627. The normalized spacial score (nSPS) is 15.2. The number of para-hydroxylation sites is 1. The van der Waals surface area contributed by atoms with Gasteiger partial charge in [0.05, 0.1) is 35.4 Å². The van der Waals surface area contributed by atoms with Crippen LogP contribution in [0.3, 0.4) is 0 Å². The molecule has 1 aromatic heterocycles. The van der Waals surface area contributed by atoms with Gasteiger partial charge in [-0.3, -0.25) is 9.59 Å². The summed E-state index contributed by atoms with van der Waals surface area (Å²) >= 11 is 1.21. The van der Waals surface area contributed by atoms with E-state index in [4.69, 9.17) is 13.9 Å². The molecule has 0 spiro atoms. The Morgan fingerprint density at radius 1 is 1.25 bits per heavy atom. The van der Waals surface area contributed by atoms with Crippen LogP contribution >= 0.6 is 11.8 Å². The zero-order valence-corrected chi connectivity index (χ0v) is 15.8. The number of fused-ring (bicyclic) bond motifs is 1. The lowest BCUT2D eigenvalue weighted by Crippen LogP contribution is -2.29. The average molecular weight is 403 g/mol. The van der Waals surface area contributed by atoms with Crippen molar-refractivity contribution in [2.45, 2.75) is 6.92 Å². The molecule has 1 saturated heterocycles. The topological polar surface area (TPSA) is 103 Å². The molecule has 0 unspecified atom stereocenters. The van der Waals surface area contributed by atoms with Crippen LogP contribution in [0.15, 0.2) is 50.6 Å². The molecule has 28 heavy (non-hydrogen) atoms. The fourth-order valence-electron chi connectivity index (χ4n) is 2.56. The molecular weight excluding hydrogens is 386 g/mol. The van der Waals surface area contributed by atoms with Gasteiger partial charge in [0, 0.05) is 6.07 Å². The van der Waals surface area contributed by atoms with Crippen LogP contribution in [0.4, 0.5) is 0 Å². The van der Waals surface area contributed by atoms with Crippen LogP contribution < -0.4 is 5.43 Å². The maximum atomic E-state index is 12.2. The van der Waals surface area contributed by atoms with E-state index in [9.17, 15) is 19.2 Å². The van der Waals surface area contributed by atoms with Crippen LogP contribution in [0.25, 0.3) is 11.0 Å². The second kappa shape index (κ2) is 8.75. The summed E-state index contributed by atoms with van der Waals surface area (Å²) in [6, 6.07) is 7.65. The first-order valence-electron chi connectivity index (χ1n) is 8.51. The summed E-state index contributed by atoms with van der Waals surface area (Å²) in [4.78, 5) is 49.1. The Labute approximate surface area is 164 Å². The first kappa shape index (κ1) is 19.7. The molecule has 3 rings (SSSR count). The van der Waals surface area contributed by atoms with Crippen LogP contribution in [-0.4, -0.2) is 48.3 Å². The fourth-order valence-corrected chi connectivity index (χ4v) is 3.51. The minimum absolute atomic E-state index is 0.0701. The summed E-state index contributed by atoms with van der Waals surface area (Å²) in [6.07, 6.45) is 1.24. The number of carbonyl (C=O) groups is 3. The third-order valence-electron chi connectivity index (χ3n) is 3.82. The number of amides is 1. The standard InChI is InChI=1S/C19H17NO7S/c1-2-25-18(23)10-17-20(16(22)11-28-17)7-8-26-19(24)15-9-13(21)12-5-3-4-6-14(12)27-15/h3-6,9-10H,2,7-8,11H2,1H3/b17-10+. The van der Waals surface area contributed by atoms with E-state index in [0.717, 1.165) is 6.07 Å². The molecule has 1 fully saturated rings. The van der Waals surface area contributed by atoms with Crippen LogP contribution in [0.5, 0.6) is 0 Å². The van der Waals surface area contributed by atoms with Crippen molar-refractivity contribution in [2.75, 3.05) is 25.5 Å². The summed E-state index contributed by atoms with van der Waals surface area (Å²) in [7, 11) is 0. The molecular formula is C19H17NO7S. The number of ether oxygens (including phenoxy) is 2. The Morgan fingerprint density at radius 2 is 2.04 bits per heavy atom. The monoisotopic (exact) mass is 403 g/mol. The number of carbonyl (C=O) groups excluding carboxylic acids is 3. The van der Waals surface area contributed by atoms with E-state index in [2.05, 4.69) is 0 Å². The third kappa shape index (κ3) is 4.42. The molecule has 2 heterocycles. The van der Waals surface area contributed by atoms with Gasteiger partial charge < -0.3 is 18.8 Å². The number of thioether (sulfide) groups is 1. The predicted octanol–water partition coefficient (Wildman–Crippen LogP) is 1.93. The number of hydrogen-bond donors (Lipinski definition) is 0. The van der Waals surface area contributed by atoms with Gasteiger partial charge in [0.2, 0.25) is 11.7 Å². The van der Waals surface area contributed by atoms with Gasteiger partial charge >= 0.3 is 11.9 Å². The maximum Gasteiger partial charge on any atom is 0.374 e. The van der Waals surface area contributed by atoms with Crippen molar-refractivity contribution >= 4 is 40.6 Å². The van der Waals surface area contributed by atoms with Crippen LogP contribution in [0, 0.1) is 0 Å². The van der Waals surface area contributed by atoms with Gasteiger partial charge in [-0.15, -0.1) is 0 Å². The molecule has 8 nitrogen and oxygen atoms in total. The molecule has 0 atom stereocenters. The van der Waals surface area contributed by atoms with Gasteiger partial charge in [-0.25, -0.2) is 9.59 Å². The third-order valence-corrected chi connectivity index (χ3v) is 4.85. The quantitative estimate of drug-likeness (QED) is 0.532. The highest BCUT2D eigenvalue weighted by Crippen LogP contribution is 2.28. The van der Waals surface area contributed by atoms with Gasteiger partial charge in [0.25, 0.3) is 0 Å². The molecule has 0 radical (unpaired) electrons. The first-order valence-corrected chi connectivity index (χ1v) is 9.49. The van der Waals surface area contributed by atoms with E-state index in [0.29, 0.717) is 10.4 Å². The SMILES string of the molecule is CCOC(=O)/C=C1/SCC(=O)N1CCOC(=O)c1cc(=O)c2ccccc2o1. The average Bonchev–Trinajstić information content (AvgIpc) is 3.01. The van der Waals surface area contributed by atoms with Crippen molar-refractivity contribution in [3.63, 3.8) is 0 Å². The molecule has 0 bridgehead atoms. The number of nitrogens with zero attached hydrogens (tertiary/aromatic N) is 1. The Hall–Kier alpha value is -3.07. The fraction of sp³-hybridized carbons (Fsp3) is 0.263.